The van der Waals surface area contributed by atoms with Crippen molar-refractivity contribution in [3.05, 3.63) is 59.9 Å². The first-order valence-corrected chi connectivity index (χ1v) is 8.40. The number of imidazole rings is 1. The number of alkyl halides is 3. The monoisotopic (exact) mass is 390 g/mol. The van der Waals surface area contributed by atoms with E-state index in [4.69, 9.17) is 0 Å². The molecule has 0 aliphatic heterocycles. The number of hydrogen-bond acceptors (Lipinski definition) is 3. The van der Waals surface area contributed by atoms with Crippen molar-refractivity contribution in [3.8, 4) is 0 Å². The molecule has 0 saturated carbocycles. The fourth-order valence-corrected chi connectivity index (χ4v) is 2.76. The van der Waals surface area contributed by atoms with Crippen LogP contribution in [0.3, 0.4) is 0 Å². The zero-order chi connectivity index (χ0) is 20.3. The molecule has 0 radical (unpaired) electrons. The lowest BCUT2D eigenvalue weighted by Gasteiger charge is -2.12. The summed E-state index contributed by atoms with van der Waals surface area (Å²) in [5.74, 6) is -1.88. The van der Waals surface area contributed by atoms with E-state index in [1.54, 1.807) is 36.4 Å². The maximum atomic E-state index is 13.3. The van der Waals surface area contributed by atoms with Gasteiger partial charge in [-0.05, 0) is 29.8 Å². The summed E-state index contributed by atoms with van der Waals surface area (Å²) < 4.78 is 40.7. The number of carbonyl (C=O) groups excluding carboxylic acids is 2. The average molecular weight is 390 g/mol. The van der Waals surface area contributed by atoms with Gasteiger partial charge in [0.2, 0.25) is 17.6 Å². The van der Waals surface area contributed by atoms with Crippen molar-refractivity contribution in [2.75, 3.05) is 5.32 Å². The molecule has 9 heteroatoms. The molecule has 0 spiro atoms. The largest absolute Gasteiger partial charge is 0.449 e. The molecule has 2 amide bonds. The van der Waals surface area contributed by atoms with Crippen LogP contribution in [0, 0.1) is 0 Å². The molecule has 3 rings (SSSR count). The number of amides is 2. The summed E-state index contributed by atoms with van der Waals surface area (Å²) in [5.41, 5.74) is 1.78. The topological polar surface area (TPSA) is 76.0 Å². The van der Waals surface area contributed by atoms with Gasteiger partial charge in [0, 0.05) is 19.2 Å². The van der Waals surface area contributed by atoms with Gasteiger partial charge >= 0.3 is 6.18 Å². The number of fused-ring (bicyclic) bond motifs is 1. The molecule has 3 aromatic rings. The van der Waals surface area contributed by atoms with Crippen molar-refractivity contribution < 1.29 is 22.8 Å². The van der Waals surface area contributed by atoms with Crippen molar-refractivity contribution in [2.45, 2.75) is 26.2 Å². The third kappa shape index (κ3) is 4.48. The lowest BCUT2D eigenvalue weighted by molar-refractivity contribution is -0.147. The molecule has 1 heterocycles. The number of hydrogen-bond donors (Lipinski definition) is 2. The molecule has 146 valence electrons. The molecule has 2 aromatic carbocycles. The first-order valence-electron chi connectivity index (χ1n) is 8.40. The zero-order valence-corrected chi connectivity index (χ0v) is 14.9. The Balaban J connectivity index is 1.70. The highest BCUT2D eigenvalue weighted by atomic mass is 19.4. The normalized spacial score (nSPS) is 11.4. The van der Waals surface area contributed by atoms with Crippen LogP contribution in [0.1, 0.15) is 18.3 Å². The van der Waals surface area contributed by atoms with Crippen molar-refractivity contribution >= 4 is 28.5 Å². The molecular weight excluding hydrogens is 373 g/mol. The van der Waals surface area contributed by atoms with E-state index in [1.807, 2.05) is 0 Å². The van der Waals surface area contributed by atoms with Crippen molar-refractivity contribution in [3.63, 3.8) is 0 Å². The molecule has 0 saturated heterocycles. The minimum absolute atomic E-state index is 0.146. The van der Waals surface area contributed by atoms with Crippen molar-refractivity contribution in [1.29, 1.82) is 0 Å². The Bertz CT molecular complexity index is 1010. The van der Waals surface area contributed by atoms with E-state index in [9.17, 15) is 22.8 Å². The van der Waals surface area contributed by atoms with Gasteiger partial charge in [0.15, 0.2) is 0 Å². The number of halogens is 3. The van der Waals surface area contributed by atoms with Gasteiger partial charge in [0.1, 0.15) is 6.54 Å². The Morgan fingerprint density at radius 2 is 1.75 bits per heavy atom. The van der Waals surface area contributed by atoms with Gasteiger partial charge in [0.05, 0.1) is 11.0 Å². The van der Waals surface area contributed by atoms with Gasteiger partial charge in [-0.2, -0.15) is 13.2 Å². The Kier molecular flexibility index (Phi) is 5.34. The highest BCUT2D eigenvalue weighted by Gasteiger charge is 2.37. The molecule has 28 heavy (non-hydrogen) atoms. The summed E-state index contributed by atoms with van der Waals surface area (Å²) in [5, 5.41) is 5.22. The Morgan fingerprint density at radius 1 is 1.07 bits per heavy atom. The van der Waals surface area contributed by atoms with Crippen LogP contribution in [0.4, 0.5) is 18.9 Å². The highest BCUT2D eigenvalue weighted by molar-refractivity contribution is 5.88. The predicted molar refractivity (Wildman–Crippen MR) is 97.3 cm³/mol. The predicted octanol–water partition coefficient (Wildman–Crippen LogP) is 3.33. The van der Waals surface area contributed by atoms with Crippen LogP contribution >= 0.6 is 0 Å². The number of aromatic nitrogens is 2. The molecule has 0 aliphatic rings. The first kappa shape index (κ1) is 19.4. The lowest BCUT2D eigenvalue weighted by atomic mass is 10.2. The van der Waals surface area contributed by atoms with E-state index in [-0.39, 0.29) is 23.5 Å². The summed E-state index contributed by atoms with van der Waals surface area (Å²) in [6.45, 7) is 1.04. The molecular formula is C19H17F3N4O2. The van der Waals surface area contributed by atoms with Crippen LogP contribution in [-0.4, -0.2) is 21.4 Å². The molecule has 2 N–H and O–H groups in total. The second-order valence-corrected chi connectivity index (χ2v) is 6.16. The number of rotatable bonds is 5. The Hall–Kier alpha value is -3.36. The van der Waals surface area contributed by atoms with Crippen LogP contribution < -0.4 is 10.6 Å². The molecule has 0 fully saturated rings. The fraction of sp³-hybridized carbons (Fsp3) is 0.211. The quantitative estimate of drug-likeness (QED) is 0.702. The van der Waals surface area contributed by atoms with Gasteiger partial charge in [-0.1, -0.05) is 24.3 Å². The maximum Gasteiger partial charge on any atom is 0.449 e. The number of anilines is 1. The summed E-state index contributed by atoms with van der Waals surface area (Å²) in [6, 6.07) is 12.9. The summed E-state index contributed by atoms with van der Waals surface area (Å²) in [4.78, 5) is 26.8. The highest BCUT2D eigenvalue weighted by Crippen LogP contribution is 2.31. The Labute approximate surface area is 158 Å². The lowest BCUT2D eigenvalue weighted by Crippen LogP contribution is -2.29. The minimum Gasteiger partial charge on any atom is -0.350 e. The number of carbonyl (C=O) groups is 2. The third-order valence-corrected chi connectivity index (χ3v) is 3.97. The summed E-state index contributed by atoms with van der Waals surface area (Å²) in [6.07, 6.45) is -4.67. The number of nitrogens with zero attached hydrogens (tertiary/aromatic N) is 2. The van der Waals surface area contributed by atoms with Crippen molar-refractivity contribution in [2.24, 2.45) is 0 Å². The first-order chi connectivity index (χ1) is 13.2. The smallest absolute Gasteiger partial charge is 0.350 e. The molecule has 6 nitrogen and oxygen atoms in total. The minimum atomic E-state index is -4.67. The van der Waals surface area contributed by atoms with E-state index in [2.05, 4.69) is 15.6 Å². The van der Waals surface area contributed by atoms with Crippen LogP contribution in [-0.2, 0) is 28.9 Å². The van der Waals surface area contributed by atoms with E-state index in [1.165, 1.54) is 19.1 Å². The summed E-state index contributed by atoms with van der Waals surface area (Å²) in [7, 11) is 0. The second-order valence-electron chi connectivity index (χ2n) is 6.16. The van der Waals surface area contributed by atoms with E-state index in [0.29, 0.717) is 5.69 Å². The molecule has 0 aliphatic carbocycles. The SMILES string of the molecule is CC(=O)Nc1ccc(CNC(=O)Cn2c(C(F)(F)F)nc3ccccc32)cc1. The van der Waals surface area contributed by atoms with Crippen LogP contribution in [0.5, 0.6) is 0 Å². The molecule has 0 unspecified atom stereocenters. The third-order valence-electron chi connectivity index (χ3n) is 3.97. The van der Waals surface area contributed by atoms with E-state index < -0.39 is 24.5 Å². The second kappa shape index (κ2) is 7.71. The van der Waals surface area contributed by atoms with Crippen LogP contribution in [0.25, 0.3) is 11.0 Å². The van der Waals surface area contributed by atoms with Crippen LogP contribution in [0.15, 0.2) is 48.5 Å². The molecule has 0 bridgehead atoms. The fourth-order valence-electron chi connectivity index (χ4n) is 2.76. The van der Waals surface area contributed by atoms with Gasteiger partial charge in [-0.3, -0.25) is 9.59 Å². The van der Waals surface area contributed by atoms with Gasteiger partial charge in [-0.15, -0.1) is 0 Å². The maximum absolute atomic E-state index is 13.3. The number of para-hydroxylation sites is 2. The van der Waals surface area contributed by atoms with Gasteiger partial charge < -0.3 is 15.2 Å². The Morgan fingerprint density at radius 3 is 2.39 bits per heavy atom. The van der Waals surface area contributed by atoms with Crippen LogP contribution in [0.2, 0.25) is 0 Å². The molecule has 1 aromatic heterocycles. The van der Waals surface area contributed by atoms with Gasteiger partial charge in [0.25, 0.3) is 0 Å². The van der Waals surface area contributed by atoms with Crippen molar-refractivity contribution in [1.82, 2.24) is 14.9 Å². The summed E-state index contributed by atoms with van der Waals surface area (Å²) >= 11 is 0. The van der Waals surface area contributed by atoms with Gasteiger partial charge in [-0.25, -0.2) is 4.98 Å². The number of nitrogens with one attached hydrogen (secondary N) is 2. The van der Waals surface area contributed by atoms with E-state index >= 15 is 0 Å². The van der Waals surface area contributed by atoms with E-state index in [0.717, 1.165) is 10.1 Å². The zero-order valence-electron chi connectivity index (χ0n) is 14.9. The molecule has 0 atom stereocenters. The standard InChI is InChI=1S/C19H17F3N4O2/c1-12(27)24-14-8-6-13(7-9-14)10-23-17(28)11-26-16-5-3-2-4-15(16)25-18(26)19(20,21)22/h2-9H,10-11H2,1H3,(H,23,28)(H,24,27). The average Bonchev–Trinajstić information content (AvgIpc) is 3.00. The number of benzene rings is 2.